The number of nitrogens with one attached hydrogen (secondary N) is 2. The summed E-state index contributed by atoms with van der Waals surface area (Å²) < 4.78 is 24.5. The maximum absolute atomic E-state index is 11.1. The van der Waals surface area contributed by atoms with Gasteiger partial charge in [-0.25, -0.2) is 13.4 Å². The van der Waals surface area contributed by atoms with Crippen molar-refractivity contribution in [3.05, 3.63) is 47.7 Å². The van der Waals surface area contributed by atoms with E-state index in [1.165, 1.54) is 11.1 Å². The van der Waals surface area contributed by atoms with Gasteiger partial charge in [0.2, 0.25) is 10.0 Å². The van der Waals surface area contributed by atoms with E-state index in [0.717, 1.165) is 17.6 Å². The third kappa shape index (κ3) is 3.71. The minimum absolute atomic E-state index is 0.305. The van der Waals surface area contributed by atoms with Crippen LogP contribution >= 0.6 is 0 Å². The molecule has 0 amide bonds. The zero-order chi connectivity index (χ0) is 14.8. The zero-order valence-electron chi connectivity index (χ0n) is 11.6. The van der Waals surface area contributed by atoms with Gasteiger partial charge in [-0.15, -0.1) is 0 Å². The monoisotopic (exact) mass is 291 g/mol. The molecule has 2 N–H and O–H groups in total. The standard InChI is InChI=1S/C14H17N3O2S/c1-10-5-4-6-13(11(10)2)16-12-7-8-14(15-9-12)17-20(3,18)19/h4-9,16H,1-3H3,(H,15,17). The van der Waals surface area contributed by atoms with Gasteiger partial charge >= 0.3 is 0 Å². The molecule has 1 heterocycles. The normalized spacial score (nSPS) is 11.2. The molecule has 0 aliphatic heterocycles. The first-order valence-corrected chi connectivity index (χ1v) is 8.01. The van der Waals surface area contributed by atoms with Gasteiger partial charge in [0.1, 0.15) is 5.82 Å². The van der Waals surface area contributed by atoms with Gasteiger partial charge in [0.25, 0.3) is 0 Å². The number of hydrogen-bond donors (Lipinski definition) is 2. The smallest absolute Gasteiger partial charge is 0.230 e. The van der Waals surface area contributed by atoms with E-state index in [4.69, 9.17) is 0 Å². The highest BCUT2D eigenvalue weighted by atomic mass is 32.2. The Morgan fingerprint density at radius 1 is 1.10 bits per heavy atom. The number of sulfonamides is 1. The van der Waals surface area contributed by atoms with Gasteiger partial charge in [-0.2, -0.15) is 0 Å². The van der Waals surface area contributed by atoms with Gasteiger partial charge in [0.05, 0.1) is 18.1 Å². The van der Waals surface area contributed by atoms with Crippen LogP contribution in [0.25, 0.3) is 0 Å². The van der Waals surface area contributed by atoms with Crippen LogP contribution in [0.4, 0.5) is 17.2 Å². The highest BCUT2D eigenvalue weighted by Gasteiger charge is 2.04. The summed E-state index contributed by atoms with van der Waals surface area (Å²) in [6.45, 7) is 4.10. The molecule has 2 rings (SSSR count). The van der Waals surface area contributed by atoms with E-state index in [2.05, 4.69) is 28.0 Å². The zero-order valence-corrected chi connectivity index (χ0v) is 12.5. The van der Waals surface area contributed by atoms with Gasteiger partial charge in [0.15, 0.2) is 0 Å². The molecule has 106 valence electrons. The number of hydrogen-bond acceptors (Lipinski definition) is 4. The minimum Gasteiger partial charge on any atom is -0.354 e. The molecule has 20 heavy (non-hydrogen) atoms. The van der Waals surface area contributed by atoms with Crippen molar-refractivity contribution in [1.29, 1.82) is 0 Å². The summed E-state index contributed by atoms with van der Waals surface area (Å²) in [7, 11) is -3.29. The molecule has 6 heteroatoms. The average Bonchev–Trinajstić information content (AvgIpc) is 2.35. The van der Waals surface area contributed by atoms with E-state index in [9.17, 15) is 8.42 Å². The average molecular weight is 291 g/mol. The van der Waals surface area contributed by atoms with Gasteiger partial charge in [-0.3, -0.25) is 4.72 Å². The molecule has 0 saturated carbocycles. The lowest BCUT2D eigenvalue weighted by atomic mass is 10.1. The van der Waals surface area contributed by atoms with Crippen LogP contribution in [0.15, 0.2) is 36.5 Å². The summed E-state index contributed by atoms with van der Waals surface area (Å²) in [5.74, 6) is 0.305. The fourth-order valence-corrected chi connectivity index (χ4v) is 2.26. The lowest BCUT2D eigenvalue weighted by Crippen LogP contribution is -2.10. The van der Waals surface area contributed by atoms with Crippen LogP contribution < -0.4 is 10.0 Å². The van der Waals surface area contributed by atoms with Crippen molar-refractivity contribution in [2.45, 2.75) is 13.8 Å². The number of nitrogens with zero attached hydrogens (tertiary/aromatic N) is 1. The van der Waals surface area contributed by atoms with Gasteiger partial charge in [-0.1, -0.05) is 12.1 Å². The molecule has 0 atom stereocenters. The van der Waals surface area contributed by atoms with Crippen molar-refractivity contribution in [2.75, 3.05) is 16.3 Å². The molecule has 0 fully saturated rings. The SMILES string of the molecule is Cc1cccc(Nc2ccc(NS(C)(=O)=O)nc2)c1C. The quantitative estimate of drug-likeness (QED) is 0.908. The topological polar surface area (TPSA) is 71.1 Å². The minimum atomic E-state index is -3.29. The first-order valence-electron chi connectivity index (χ1n) is 6.12. The number of pyridine rings is 1. The Kier molecular flexibility index (Phi) is 3.94. The Bertz CT molecular complexity index is 710. The van der Waals surface area contributed by atoms with E-state index >= 15 is 0 Å². The largest absolute Gasteiger partial charge is 0.354 e. The van der Waals surface area contributed by atoms with E-state index in [0.29, 0.717) is 5.82 Å². The Balaban J connectivity index is 2.17. The number of anilines is 3. The fraction of sp³-hybridized carbons (Fsp3) is 0.214. The summed E-state index contributed by atoms with van der Waals surface area (Å²) in [6, 6.07) is 9.43. The number of aryl methyl sites for hydroxylation is 1. The first-order chi connectivity index (χ1) is 9.35. The molecule has 2 aromatic rings. The molecule has 0 spiro atoms. The summed E-state index contributed by atoms with van der Waals surface area (Å²) in [4.78, 5) is 4.06. The third-order valence-corrected chi connectivity index (χ3v) is 3.52. The Morgan fingerprint density at radius 3 is 2.45 bits per heavy atom. The van der Waals surface area contributed by atoms with Crippen molar-refractivity contribution in [3.8, 4) is 0 Å². The third-order valence-electron chi connectivity index (χ3n) is 2.94. The van der Waals surface area contributed by atoms with E-state index in [1.807, 2.05) is 19.1 Å². The lowest BCUT2D eigenvalue weighted by Gasteiger charge is -2.11. The molecule has 0 aliphatic carbocycles. The second-order valence-electron chi connectivity index (χ2n) is 4.68. The molecule has 0 radical (unpaired) electrons. The molecule has 5 nitrogen and oxygen atoms in total. The summed E-state index contributed by atoms with van der Waals surface area (Å²) in [5, 5.41) is 3.26. The predicted octanol–water partition coefficient (Wildman–Crippen LogP) is 2.81. The Labute approximate surface area is 119 Å². The maximum Gasteiger partial charge on any atom is 0.230 e. The first kappa shape index (κ1) is 14.3. The highest BCUT2D eigenvalue weighted by molar-refractivity contribution is 7.92. The Morgan fingerprint density at radius 2 is 1.85 bits per heavy atom. The van der Waals surface area contributed by atoms with Crippen molar-refractivity contribution >= 4 is 27.2 Å². The number of aromatic nitrogens is 1. The van der Waals surface area contributed by atoms with Crippen LogP contribution in [0.2, 0.25) is 0 Å². The molecule has 1 aromatic heterocycles. The molecule has 1 aromatic carbocycles. The number of rotatable bonds is 4. The van der Waals surface area contributed by atoms with Crippen LogP contribution in [-0.2, 0) is 10.0 Å². The van der Waals surface area contributed by atoms with Crippen LogP contribution in [0.3, 0.4) is 0 Å². The fourth-order valence-electron chi connectivity index (χ4n) is 1.76. The summed E-state index contributed by atoms with van der Waals surface area (Å²) >= 11 is 0. The molecular weight excluding hydrogens is 274 g/mol. The molecular formula is C14H17N3O2S. The van der Waals surface area contributed by atoms with Gasteiger partial charge in [-0.05, 0) is 43.2 Å². The molecule has 0 bridgehead atoms. The second-order valence-corrected chi connectivity index (χ2v) is 6.43. The van der Waals surface area contributed by atoms with Crippen molar-refractivity contribution < 1.29 is 8.42 Å². The summed E-state index contributed by atoms with van der Waals surface area (Å²) in [5.41, 5.74) is 4.19. The molecule has 0 saturated heterocycles. The Hall–Kier alpha value is -2.08. The van der Waals surface area contributed by atoms with Gasteiger partial charge in [0, 0.05) is 5.69 Å². The van der Waals surface area contributed by atoms with Crippen LogP contribution in [0.5, 0.6) is 0 Å². The molecule has 0 unspecified atom stereocenters. The van der Waals surface area contributed by atoms with Crippen LogP contribution in [0, 0.1) is 13.8 Å². The van der Waals surface area contributed by atoms with E-state index < -0.39 is 10.0 Å². The molecule has 0 aliphatic rings. The van der Waals surface area contributed by atoms with Crippen molar-refractivity contribution in [2.24, 2.45) is 0 Å². The van der Waals surface area contributed by atoms with E-state index in [1.54, 1.807) is 18.3 Å². The van der Waals surface area contributed by atoms with Crippen molar-refractivity contribution in [1.82, 2.24) is 4.98 Å². The predicted molar refractivity (Wildman–Crippen MR) is 81.9 cm³/mol. The summed E-state index contributed by atoms with van der Waals surface area (Å²) in [6.07, 6.45) is 2.69. The van der Waals surface area contributed by atoms with Gasteiger partial charge < -0.3 is 5.32 Å². The van der Waals surface area contributed by atoms with Crippen LogP contribution in [-0.4, -0.2) is 19.7 Å². The van der Waals surface area contributed by atoms with E-state index in [-0.39, 0.29) is 0 Å². The highest BCUT2D eigenvalue weighted by Crippen LogP contribution is 2.22. The maximum atomic E-state index is 11.1. The van der Waals surface area contributed by atoms with Crippen LogP contribution in [0.1, 0.15) is 11.1 Å². The lowest BCUT2D eigenvalue weighted by molar-refractivity contribution is 0.606. The number of benzene rings is 1. The van der Waals surface area contributed by atoms with Crippen molar-refractivity contribution in [3.63, 3.8) is 0 Å². The second kappa shape index (κ2) is 5.50.